The van der Waals surface area contributed by atoms with E-state index < -0.39 is 0 Å². The molecule has 2 amide bonds. The first kappa shape index (κ1) is 19.1. The molecule has 3 rings (SSSR count). The predicted octanol–water partition coefficient (Wildman–Crippen LogP) is 3.93. The van der Waals surface area contributed by atoms with Crippen LogP contribution in [0.15, 0.2) is 42.7 Å². The summed E-state index contributed by atoms with van der Waals surface area (Å²) in [6.07, 6.45) is 5.14. The average molecular weight is 365 g/mol. The largest absolute Gasteiger partial charge is 0.339 e. The maximum Gasteiger partial charge on any atom is 0.259 e. The molecule has 0 aliphatic carbocycles. The Bertz CT molecular complexity index is 826. The minimum atomic E-state index is -0.141. The zero-order chi connectivity index (χ0) is 19.4. The van der Waals surface area contributed by atoms with Crippen LogP contribution in [-0.4, -0.2) is 41.3 Å². The summed E-state index contributed by atoms with van der Waals surface area (Å²) in [4.78, 5) is 33.6. The van der Waals surface area contributed by atoms with Crippen molar-refractivity contribution in [2.24, 2.45) is 5.92 Å². The Labute approximate surface area is 161 Å². The van der Waals surface area contributed by atoms with Crippen molar-refractivity contribution >= 4 is 17.5 Å². The van der Waals surface area contributed by atoms with Crippen LogP contribution in [0, 0.1) is 12.8 Å². The number of amides is 2. The molecule has 2 heterocycles. The molecule has 0 bridgehead atoms. The fourth-order valence-corrected chi connectivity index (χ4v) is 3.46. The highest BCUT2D eigenvalue weighted by atomic mass is 16.2. The van der Waals surface area contributed by atoms with E-state index in [1.165, 1.54) is 6.20 Å². The third kappa shape index (κ3) is 4.35. The lowest BCUT2D eigenvalue weighted by Gasteiger charge is -2.30. The van der Waals surface area contributed by atoms with Crippen LogP contribution in [0.3, 0.4) is 0 Å². The van der Waals surface area contributed by atoms with Gasteiger partial charge in [0.2, 0.25) is 0 Å². The first-order valence-electron chi connectivity index (χ1n) is 9.62. The van der Waals surface area contributed by atoms with Gasteiger partial charge in [0.25, 0.3) is 11.8 Å². The predicted molar refractivity (Wildman–Crippen MR) is 107 cm³/mol. The molecule has 1 saturated heterocycles. The van der Waals surface area contributed by atoms with Gasteiger partial charge in [0.1, 0.15) is 0 Å². The second kappa shape index (κ2) is 8.33. The Hall–Kier alpha value is -2.69. The van der Waals surface area contributed by atoms with Gasteiger partial charge < -0.3 is 9.80 Å². The quantitative estimate of drug-likeness (QED) is 0.825. The van der Waals surface area contributed by atoms with E-state index in [9.17, 15) is 9.59 Å². The zero-order valence-electron chi connectivity index (χ0n) is 16.3. The molecule has 0 saturated carbocycles. The van der Waals surface area contributed by atoms with E-state index in [2.05, 4.69) is 11.9 Å². The molecule has 0 spiro atoms. The SMILES string of the molecule is CCN(C(=O)c1cncc(C(=O)N2CCC(C)CC2)c1)c1cccc(C)c1. The highest BCUT2D eigenvalue weighted by Crippen LogP contribution is 2.21. The van der Waals surface area contributed by atoms with Crippen LogP contribution in [0.2, 0.25) is 0 Å². The first-order chi connectivity index (χ1) is 13.0. The van der Waals surface area contributed by atoms with Gasteiger partial charge in [-0.1, -0.05) is 19.1 Å². The van der Waals surface area contributed by atoms with E-state index in [0.29, 0.717) is 23.6 Å². The molecule has 142 valence electrons. The molecular weight excluding hydrogens is 338 g/mol. The molecule has 1 aliphatic heterocycles. The van der Waals surface area contributed by atoms with Crippen molar-refractivity contribution in [2.45, 2.75) is 33.6 Å². The van der Waals surface area contributed by atoms with Crippen molar-refractivity contribution in [1.82, 2.24) is 9.88 Å². The van der Waals surface area contributed by atoms with Crippen LogP contribution in [-0.2, 0) is 0 Å². The van der Waals surface area contributed by atoms with Crippen LogP contribution in [0.5, 0.6) is 0 Å². The highest BCUT2D eigenvalue weighted by molar-refractivity contribution is 6.07. The minimum absolute atomic E-state index is 0.0392. The van der Waals surface area contributed by atoms with Gasteiger partial charge in [0, 0.05) is 37.7 Å². The van der Waals surface area contributed by atoms with Crippen molar-refractivity contribution in [1.29, 1.82) is 0 Å². The molecule has 1 aliphatic rings. The second-order valence-electron chi connectivity index (χ2n) is 7.33. The Kier molecular flexibility index (Phi) is 5.89. The van der Waals surface area contributed by atoms with Crippen LogP contribution < -0.4 is 4.90 Å². The first-order valence-corrected chi connectivity index (χ1v) is 9.62. The number of piperidine rings is 1. The van der Waals surface area contributed by atoms with Gasteiger partial charge in [-0.15, -0.1) is 0 Å². The zero-order valence-corrected chi connectivity index (χ0v) is 16.3. The van der Waals surface area contributed by atoms with Crippen LogP contribution in [0.25, 0.3) is 0 Å². The number of rotatable bonds is 4. The lowest BCUT2D eigenvalue weighted by Crippen LogP contribution is -2.38. The molecule has 1 aromatic heterocycles. The molecule has 0 unspecified atom stereocenters. The van der Waals surface area contributed by atoms with E-state index in [1.54, 1.807) is 17.2 Å². The van der Waals surface area contributed by atoms with E-state index in [-0.39, 0.29) is 11.8 Å². The van der Waals surface area contributed by atoms with Gasteiger partial charge in [-0.2, -0.15) is 0 Å². The van der Waals surface area contributed by atoms with Gasteiger partial charge in [0.15, 0.2) is 0 Å². The molecule has 0 radical (unpaired) electrons. The number of aromatic nitrogens is 1. The highest BCUT2D eigenvalue weighted by Gasteiger charge is 2.23. The lowest BCUT2D eigenvalue weighted by molar-refractivity contribution is 0.0697. The number of anilines is 1. The third-order valence-corrected chi connectivity index (χ3v) is 5.18. The number of pyridine rings is 1. The molecule has 2 aromatic rings. The van der Waals surface area contributed by atoms with Crippen molar-refractivity contribution in [3.05, 3.63) is 59.4 Å². The summed E-state index contributed by atoms with van der Waals surface area (Å²) in [5, 5.41) is 0. The summed E-state index contributed by atoms with van der Waals surface area (Å²) in [5.74, 6) is 0.479. The maximum absolute atomic E-state index is 13.0. The lowest BCUT2D eigenvalue weighted by atomic mass is 9.98. The number of carbonyl (C=O) groups excluding carboxylic acids is 2. The number of likely N-dealkylation sites (tertiary alicyclic amines) is 1. The molecule has 1 fully saturated rings. The average Bonchev–Trinajstić information content (AvgIpc) is 2.69. The maximum atomic E-state index is 13.0. The summed E-state index contributed by atoms with van der Waals surface area (Å²) in [5.41, 5.74) is 2.87. The van der Waals surface area contributed by atoms with Crippen molar-refractivity contribution in [3.8, 4) is 0 Å². The Morgan fingerprint density at radius 3 is 2.52 bits per heavy atom. The fourth-order valence-electron chi connectivity index (χ4n) is 3.46. The summed E-state index contributed by atoms with van der Waals surface area (Å²) in [7, 11) is 0. The summed E-state index contributed by atoms with van der Waals surface area (Å²) < 4.78 is 0. The number of hydrogen-bond donors (Lipinski definition) is 0. The van der Waals surface area contributed by atoms with Gasteiger partial charge in [-0.05, 0) is 56.4 Å². The van der Waals surface area contributed by atoms with E-state index in [4.69, 9.17) is 0 Å². The van der Waals surface area contributed by atoms with Crippen LogP contribution in [0.4, 0.5) is 5.69 Å². The van der Waals surface area contributed by atoms with Crippen molar-refractivity contribution < 1.29 is 9.59 Å². The number of hydrogen-bond acceptors (Lipinski definition) is 3. The minimum Gasteiger partial charge on any atom is -0.339 e. The fraction of sp³-hybridized carbons (Fsp3) is 0.409. The van der Waals surface area contributed by atoms with Gasteiger partial charge in [0.05, 0.1) is 11.1 Å². The van der Waals surface area contributed by atoms with Gasteiger partial charge in [-0.25, -0.2) is 0 Å². The second-order valence-corrected chi connectivity index (χ2v) is 7.33. The Morgan fingerprint density at radius 1 is 1.15 bits per heavy atom. The van der Waals surface area contributed by atoms with E-state index in [1.807, 2.05) is 43.0 Å². The monoisotopic (exact) mass is 365 g/mol. The standard InChI is InChI=1S/C22H27N3O2/c1-4-25(20-7-5-6-17(3)12-20)22(27)19-13-18(14-23-15-19)21(26)24-10-8-16(2)9-11-24/h5-7,12-16H,4,8-11H2,1-3H3. The van der Waals surface area contributed by atoms with Crippen molar-refractivity contribution in [3.63, 3.8) is 0 Å². The molecule has 5 heteroatoms. The number of aryl methyl sites for hydroxylation is 1. The van der Waals surface area contributed by atoms with E-state index >= 15 is 0 Å². The van der Waals surface area contributed by atoms with Crippen LogP contribution >= 0.6 is 0 Å². The molecule has 27 heavy (non-hydrogen) atoms. The number of nitrogens with zero attached hydrogens (tertiary/aromatic N) is 3. The smallest absolute Gasteiger partial charge is 0.259 e. The summed E-state index contributed by atoms with van der Waals surface area (Å²) in [6.45, 7) is 8.24. The normalized spacial score (nSPS) is 14.9. The topological polar surface area (TPSA) is 53.5 Å². The Morgan fingerprint density at radius 2 is 1.85 bits per heavy atom. The molecule has 0 atom stereocenters. The van der Waals surface area contributed by atoms with Crippen LogP contribution in [0.1, 0.15) is 53.0 Å². The summed E-state index contributed by atoms with van der Waals surface area (Å²) in [6, 6.07) is 9.52. The van der Waals surface area contributed by atoms with Gasteiger partial charge in [-0.3, -0.25) is 14.6 Å². The summed E-state index contributed by atoms with van der Waals surface area (Å²) >= 11 is 0. The molecule has 5 nitrogen and oxygen atoms in total. The third-order valence-electron chi connectivity index (χ3n) is 5.18. The molecule has 1 aromatic carbocycles. The van der Waals surface area contributed by atoms with Gasteiger partial charge >= 0.3 is 0 Å². The Balaban J connectivity index is 1.81. The van der Waals surface area contributed by atoms with E-state index in [0.717, 1.165) is 37.2 Å². The molecule has 0 N–H and O–H groups in total. The number of benzene rings is 1. The molecular formula is C22H27N3O2. The number of carbonyl (C=O) groups is 2. The van der Waals surface area contributed by atoms with Crippen molar-refractivity contribution in [2.75, 3.05) is 24.5 Å².